The molecule has 0 N–H and O–H groups in total. The van der Waals surface area contributed by atoms with Gasteiger partial charge < -0.3 is 9.53 Å². The molecule has 0 bridgehead atoms. The molecule has 0 aliphatic carbocycles. The van der Waals surface area contributed by atoms with E-state index >= 15 is 0 Å². The van der Waals surface area contributed by atoms with E-state index in [0.717, 1.165) is 0 Å². The van der Waals surface area contributed by atoms with Crippen LogP contribution in [0.25, 0.3) is 0 Å². The Balaban J connectivity index is 2.26. The Labute approximate surface area is 88.3 Å². The standard InChI is InChI=1S/C11H13NO3/c1-9(13)5-6-11(14)15-8-10-4-2-3-7-12-10/h2-4,7H,5-6,8H2,1H3. The Morgan fingerprint density at radius 3 is 2.73 bits per heavy atom. The third-order valence-corrected chi connectivity index (χ3v) is 1.79. The minimum absolute atomic E-state index is 0.00946. The van der Waals surface area contributed by atoms with Crippen LogP contribution in [0.3, 0.4) is 0 Å². The van der Waals surface area contributed by atoms with Crippen molar-refractivity contribution in [1.82, 2.24) is 4.98 Å². The summed E-state index contributed by atoms with van der Waals surface area (Å²) in [5.41, 5.74) is 0.702. The molecule has 1 heterocycles. The summed E-state index contributed by atoms with van der Waals surface area (Å²) >= 11 is 0. The molecule has 0 spiro atoms. The number of nitrogens with zero attached hydrogens (tertiary/aromatic N) is 1. The molecule has 0 unspecified atom stereocenters. The van der Waals surface area contributed by atoms with Crippen LogP contribution >= 0.6 is 0 Å². The number of ketones is 1. The van der Waals surface area contributed by atoms with Crippen LogP contribution in [0.15, 0.2) is 24.4 Å². The Morgan fingerprint density at radius 2 is 2.13 bits per heavy atom. The van der Waals surface area contributed by atoms with Gasteiger partial charge in [-0.1, -0.05) is 6.07 Å². The molecule has 4 heteroatoms. The molecular weight excluding hydrogens is 194 g/mol. The number of aromatic nitrogens is 1. The maximum atomic E-state index is 11.1. The van der Waals surface area contributed by atoms with Crippen molar-refractivity contribution in [3.8, 4) is 0 Å². The van der Waals surface area contributed by atoms with Gasteiger partial charge in [-0.15, -0.1) is 0 Å². The van der Waals surface area contributed by atoms with Crippen molar-refractivity contribution in [3.63, 3.8) is 0 Å². The van der Waals surface area contributed by atoms with Gasteiger partial charge in [-0.05, 0) is 19.1 Å². The summed E-state index contributed by atoms with van der Waals surface area (Å²) in [6.45, 7) is 1.61. The third-order valence-electron chi connectivity index (χ3n) is 1.79. The Bertz CT molecular complexity index is 335. The fourth-order valence-electron chi connectivity index (χ4n) is 0.988. The molecule has 0 amide bonds. The van der Waals surface area contributed by atoms with Gasteiger partial charge in [-0.25, -0.2) is 0 Å². The molecule has 1 aromatic heterocycles. The Hall–Kier alpha value is -1.71. The second-order valence-corrected chi connectivity index (χ2v) is 3.18. The van der Waals surface area contributed by atoms with Gasteiger partial charge in [0.1, 0.15) is 12.4 Å². The molecule has 0 aliphatic heterocycles. The fraction of sp³-hybridized carbons (Fsp3) is 0.364. The molecule has 0 radical (unpaired) electrons. The number of carbonyl (C=O) groups excluding carboxylic acids is 2. The SMILES string of the molecule is CC(=O)CCC(=O)OCc1ccccn1. The van der Waals surface area contributed by atoms with Crippen LogP contribution in [0.1, 0.15) is 25.5 Å². The highest BCUT2D eigenvalue weighted by Crippen LogP contribution is 1.99. The molecule has 1 rings (SSSR count). The van der Waals surface area contributed by atoms with Crippen molar-refractivity contribution in [3.05, 3.63) is 30.1 Å². The molecule has 0 saturated carbocycles. The van der Waals surface area contributed by atoms with Gasteiger partial charge in [-0.3, -0.25) is 9.78 Å². The number of hydrogen-bond donors (Lipinski definition) is 0. The van der Waals surface area contributed by atoms with E-state index in [1.165, 1.54) is 6.92 Å². The maximum absolute atomic E-state index is 11.1. The minimum atomic E-state index is -0.365. The molecule has 80 valence electrons. The van der Waals surface area contributed by atoms with E-state index < -0.39 is 0 Å². The lowest BCUT2D eigenvalue weighted by atomic mass is 10.2. The van der Waals surface area contributed by atoms with Crippen LogP contribution in [0.4, 0.5) is 0 Å². The highest BCUT2D eigenvalue weighted by molar-refractivity contribution is 5.80. The zero-order valence-corrected chi connectivity index (χ0v) is 8.60. The van der Waals surface area contributed by atoms with Crippen molar-refractivity contribution < 1.29 is 14.3 Å². The summed E-state index contributed by atoms with van der Waals surface area (Å²) in [7, 11) is 0. The van der Waals surface area contributed by atoms with Crippen molar-refractivity contribution >= 4 is 11.8 Å². The first kappa shape index (κ1) is 11.4. The van der Waals surface area contributed by atoms with Crippen LogP contribution in [0.5, 0.6) is 0 Å². The van der Waals surface area contributed by atoms with Crippen molar-refractivity contribution in [2.75, 3.05) is 0 Å². The Morgan fingerprint density at radius 1 is 1.33 bits per heavy atom. The van der Waals surface area contributed by atoms with E-state index in [1.54, 1.807) is 18.3 Å². The molecule has 0 atom stereocenters. The van der Waals surface area contributed by atoms with Gasteiger partial charge in [0.2, 0.25) is 0 Å². The quantitative estimate of drug-likeness (QED) is 0.686. The lowest BCUT2D eigenvalue weighted by Crippen LogP contribution is -2.07. The zero-order chi connectivity index (χ0) is 11.1. The predicted molar refractivity (Wildman–Crippen MR) is 53.9 cm³/mol. The average Bonchev–Trinajstić information content (AvgIpc) is 2.25. The summed E-state index contributed by atoms with van der Waals surface area (Å²) < 4.78 is 4.92. The summed E-state index contributed by atoms with van der Waals surface area (Å²) in [5.74, 6) is -0.374. The lowest BCUT2D eigenvalue weighted by Gasteiger charge is -2.02. The summed E-state index contributed by atoms with van der Waals surface area (Å²) in [5, 5.41) is 0. The first-order valence-corrected chi connectivity index (χ1v) is 4.73. The first-order chi connectivity index (χ1) is 7.18. The first-order valence-electron chi connectivity index (χ1n) is 4.73. The van der Waals surface area contributed by atoms with Crippen molar-refractivity contribution in [2.24, 2.45) is 0 Å². The molecular formula is C11H13NO3. The molecule has 4 nitrogen and oxygen atoms in total. The summed E-state index contributed by atoms with van der Waals surface area (Å²) in [6, 6.07) is 5.39. The van der Waals surface area contributed by atoms with E-state index in [-0.39, 0.29) is 31.2 Å². The molecule has 0 fully saturated rings. The number of carbonyl (C=O) groups is 2. The third kappa shape index (κ3) is 4.90. The molecule has 1 aromatic rings. The monoisotopic (exact) mass is 207 g/mol. The molecule has 0 aromatic carbocycles. The lowest BCUT2D eigenvalue weighted by molar-refractivity contribution is -0.146. The van der Waals surface area contributed by atoms with E-state index in [9.17, 15) is 9.59 Å². The normalized spacial score (nSPS) is 9.67. The van der Waals surface area contributed by atoms with Gasteiger partial charge in [-0.2, -0.15) is 0 Å². The van der Waals surface area contributed by atoms with Gasteiger partial charge in [0.25, 0.3) is 0 Å². The number of esters is 1. The molecule has 15 heavy (non-hydrogen) atoms. The number of ether oxygens (including phenoxy) is 1. The molecule has 0 saturated heterocycles. The largest absolute Gasteiger partial charge is 0.459 e. The molecule has 0 aliphatic rings. The number of Topliss-reactive ketones (excluding diaryl/α,β-unsaturated/α-hetero) is 1. The minimum Gasteiger partial charge on any atom is -0.459 e. The zero-order valence-electron chi connectivity index (χ0n) is 8.60. The van der Waals surface area contributed by atoms with Crippen LogP contribution < -0.4 is 0 Å². The van der Waals surface area contributed by atoms with Crippen LogP contribution in [-0.2, 0) is 20.9 Å². The summed E-state index contributed by atoms with van der Waals surface area (Å²) in [6.07, 6.45) is 2.02. The van der Waals surface area contributed by atoms with Crippen LogP contribution in [-0.4, -0.2) is 16.7 Å². The van der Waals surface area contributed by atoms with Gasteiger partial charge in [0.05, 0.1) is 12.1 Å². The van der Waals surface area contributed by atoms with Crippen LogP contribution in [0, 0.1) is 0 Å². The van der Waals surface area contributed by atoms with Gasteiger partial charge >= 0.3 is 5.97 Å². The van der Waals surface area contributed by atoms with E-state index in [1.807, 2.05) is 6.07 Å². The van der Waals surface area contributed by atoms with Crippen LogP contribution in [0.2, 0.25) is 0 Å². The van der Waals surface area contributed by atoms with Crippen molar-refractivity contribution in [1.29, 1.82) is 0 Å². The smallest absolute Gasteiger partial charge is 0.306 e. The topological polar surface area (TPSA) is 56.3 Å². The van der Waals surface area contributed by atoms with E-state index in [2.05, 4.69) is 4.98 Å². The predicted octanol–water partition coefficient (Wildman–Crippen LogP) is 1.49. The number of hydrogen-bond acceptors (Lipinski definition) is 4. The van der Waals surface area contributed by atoms with E-state index in [4.69, 9.17) is 4.74 Å². The average molecular weight is 207 g/mol. The number of rotatable bonds is 5. The fourth-order valence-corrected chi connectivity index (χ4v) is 0.988. The van der Waals surface area contributed by atoms with E-state index in [0.29, 0.717) is 5.69 Å². The maximum Gasteiger partial charge on any atom is 0.306 e. The van der Waals surface area contributed by atoms with Gasteiger partial charge in [0, 0.05) is 12.6 Å². The number of pyridine rings is 1. The van der Waals surface area contributed by atoms with Crippen molar-refractivity contribution in [2.45, 2.75) is 26.4 Å². The highest BCUT2D eigenvalue weighted by atomic mass is 16.5. The second-order valence-electron chi connectivity index (χ2n) is 3.18. The van der Waals surface area contributed by atoms with Gasteiger partial charge in [0.15, 0.2) is 0 Å². The Kier molecular flexibility index (Phi) is 4.47. The second kappa shape index (κ2) is 5.90. The highest BCUT2D eigenvalue weighted by Gasteiger charge is 2.05. The summed E-state index contributed by atoms with van der Waals surface area (Å²) in [4.78, 5) is 25.7.